The number of benzene rings is 2. The molecule has 1 unspecified atom stereocenters. The van der Waals surface area contributed by atoms with E-state index in [-0.39, 0.29) is 12.1 Å². The van der Waals surface area contributed by atoms with Gasteiger partial charge in [-0.1, -0.05) is 53.0 Å². The molecule has 0 amide bonds. The molecule has 0 fully saturated rings. The van der Waals surface area contributed by atoms with Gasteiger partial charge in [-0.25, -0.2) is 0 Å². The Morgan fingerprint density at radius 3 is 2.75 bits per heavy atom. The van der Waals surface area contributed by atoms with Crippen LogP contribution in [0, 0.1) is 6.92 Å². The van der Waals surface area contributed by atoms with Crippen molar-refractivity contribution in [1.29, 1.82) is 0 Å². The van der Waals surface area contributed by atoms with E-state index in [2.05, 4.69) is 6.07 Å². The number of hydrogen-bond donors (Lipinski definition) is 1. The van der Waals surface area contributed by atoms with E-state index in [0.29, 0.717) is 16.5 Å². The molecule has 2 atom stereocenters. The molecule has 1 heterocycles. The third-order valence-corrected chi connectivity index (χ3v) is 4.46. The van der Waals surface area contributed by atoms with Crippen LogP contribution < -0.4 is 10.5 Å². The second-order valence-corrected chi connectivity index (χ2v) is 5.92. The second-order valence-electron chi connectivity index (χ2n) is 5.13. The molecule has 1 aliphatic heterocycles. The Bertz CT molecular complexity index is 657. The summed E-state index contributed by atoms with van der Waals surface area (Å²) in [5.41, 5.74) is 9.40. The van der Waals surface area contributed by atoms with Crippen LogP contribution in [0.2, 0.25) is 10.0 Å². The van der Waals surface area contributed by atoms with Gasteiger partial charge in [0.05, 0.1) is 10.0 Å². The summed E-state index contributed by atoms with van der Waals surface area (Å²) in [6.45, 7) is 2.05. The highest BCUT2D eigenvalue weighted by atomic mass is 35.5. The average Bonchev–Trinajstić information content (AvgIpc) is 2.42. The summed E-state index contributed by atoms with van der Waals surface area (Å²) >= 11 is 12.3. The van der Waals surface area contributed by atoms with Crippen molar-refractivity contribution in [2.24, 2.45) is 5.73 Å². The second kappa shape index (κ2) is 5.28. The van der Waals surface area contributed by atoms with Gasteiger partial charge in [-0.3, -0.25) is 0 Å². The van der Waals surface area contributed by atoms with Crippen molar-refractivity contribution in [3.8, 4) is 5.75 Å². The van der Waals surface area contributed by atoms with Crippen molar-refractivity contribution >= 4 is 23.2 Å². The highest BCUT2D eigenvalue weighted by molar-refractivity contribution is 6.42. The lowest BCUT2D eigenvalue weighted by molar-refractivity contribution is 0.161. The predicted molar refractivity (Wildman–Crippen MR) is 82.6 cm³/mol. The van der Waals surface area contributed by atoms with Crippen molar-refractivity contribution < 1.29 is 4.74 Å². The van der Waals surface area contributed by atoms with Gasteiger partial charge in [0.15, 0.2) is 0 Å². The molecule has 0 saturated heterocycles. The minimum absolute atomic E-state index is 0.0568. The zero-order valence-corrected chi connectivity index (χ0v) is 12.6. The lowest BCUT2D eigenvalue weighted by atomic mass is 9.92. The number of ether oxygens (including phenoxy) is 1. The quantitative estimate of drug-likeness (QED) is 0.819. The maximum Gasteiger partial charge on any atom is 0.127 e. The Labute approximate surface area is 128 Å². The van der Waals surface area contributed by atoms with Gasteiger partial charge in [0.25, 0.3) is 0 Å². The zero-order chi connectivity index (χ0) is 14.3. The fraction of sp³-hybridized carbons (Fsp3) is 0.250. The molecule has 0 bridgehead atoms. The van der Waals surface area contributed by atoms with Crippen LogP contribution in [0.5, 0.6) is 5.75 Å². The van der Waals surface area contributed by atoms with Crippen molar-refractivity contribution in [3.63, 3.8) is 0 Å². The van der Waals surface area contributed by atoms with Crippen LogP contribution >= 0.6 is 23.2 Å². The molecule has 0 spiro atoms. The lowest BCUT2D eigenvalue weighted by Crippen LogP contribution is -2.24. The van der Waals surface area contributed by atoms with Crippen LogP contribution in [0.1, 0.15) is 35.3 Å². The normalized spacial score (nSPS) is 21.2. The lowest BCUT2D eigenvalue weighted by Gasteiger charge is -2.31. The highest BCUT2D eigenvalue weighted by Crippen LogP contribution is 2.42. The molecule has 0 aliphatic carbocycles. The van der Waals surface area contributed by atoms with Crippen molar-refractivity contribution in [1.82, 2.24) is 0 Å². The Kier molecular flexibility index (Phi) is 3.63. The maximum absolute atomic E-state index is 6.28. The van der Waals surface area contributed by atoms with E-state index in [1.807, 2.05) is 31.2 Å². The van der Waals surface area contributed by atoms with Crippen LogP contribution in [0.4, 0.5) is 0 Å². The zero-order valence-electron chi connectivity index (χ0n) is 11.1. The van der Waals surface area contributed by atoms with E-state index < -0.39 is 0 Å². The summed E-state index contributed by atoms with van der Waals surface area (Å²) in [4.78, 5) is 0. The molecule has 0 saturated carbocycles. The first kappa shape index (κ1) is 13.7. The smallest absolute Gasteiger partial charge is 0.127 e. The standard InChI is InChI=1S/C16H15Cl2NO/c1-9-5-6-14-11(7-9)13(19)8-15(20-14)10-3-2-4-12(17)16(10)18/h2-7,13,15H,8,19H2,1H3/t13-,15?/m0/s1. The first-order valence-electron chi connectivity index (χ1n) is 6.53. The number of rotatable bonds is 1. The van der Waals surface area contributed by atoms with Crippen LogP contribution in [0.3, 0.4) is 0 Å². The van der Waals surface area contributed by atoms with Gasteiger partial charge in [0.2, 0.25) is 0 Å². The Balaban J connectivity index is 1.99. The topological polar surface area (TPSA) is 35.2 Å². The number of hydrogen-bond acceptors (Lipinski definition) is 2. The van der Waals surface area contributed by atoms with E-state index in [1.165, 1.54) is 5.56 Å². The van der Waals surface area contributed by atoms with Gasteiger partial charge in [-0.05, 0) is 19.1 Å². The number of aryl methyl sites for hydroxylation is 1. The van der Waals surface area contributed by atoms with Gasteiger partial charge in [-0.15, -0.1) is 0 Å². The molecular formula is C16H15Cl2NO. The van der Waals surface area contributed by atoms with Gasteiger partial charge in [0, 0.05) is 23.6 Å². The van der Waals surface area contributed by atoms with Crippen LogP contribution in [-0.2, 0) is 0 Å². The summed E-state index contributed by atoms with van der Waals surface area (Å²) in [6.07, 6.45) is 0.530. The summed E-state index contributed by atoms with van der Waals surface area (Å²) < 4.78 is 6.06. The van der Waals surface area contributed by atoms with Crippen LogP contribution in [0.25, 0.3) is 0 Å². The molecule has 2 N–H and O–H groups in total. The Morgan fingerprint density at radius 2 is 1.95 bits per heavy atom. The van der Waals surface area contributed by atoms with Crippen molar-refractivity contribution in [3.05, 3.63) is 63.1 Å². The third-order valence-electron chi connectivity index (χ3n) is 3.63. The number of fused-ring (bicyclic) bond motifs is 1. The van der Waals surface area contributed by atoms with Crippen molar-refractivity contribution in [2.75, 3.05) is 0 Å². The molecule has 1 aliphatic rings. The van der Waals surface area contributed by atoms with Crippen LogP contribution in [0.15, 0.2) is 36.4 Å². The molecule has 2 aromatic carbocycles. The highest BCUT2D eigenvalue weighted by Gasteiger charge is 2.28. The van der Waals surface area contributed by atoms with E-state index in [4.69, 9.17) is 33.7 Å². The van der Waals surface area contributed by atoms with E-state index in [0.717, 1.165) is 16.9 Å². The summed E-state index contributed by atoms with van der Waals surface area (Å²) in [6, 6.07) is 11.6. The molecule has 4 heteroatoms. The maximum atomic E-state index is 6.28. The molecule has 0 aromatic heterocycles. The third kappa shape index (κ3) is 2.39. The summed E-state index contributed by atoms with van der Waals surface area (Å²) in [5.74, 6) is 0.829. The Hall–Kier alpha value is -1.22. The molecule has 2 nitrogen and oxygen atoms in total. The number of halogens is 2. The van der Waals surface area contributed by atoms with Crippen LogP contribution in [-0.4, -0.2) is 0 Å². The molecular weight excluding hydrogens is 293 g/mol. The van der Waals surface area contributed by atoms with Gasteiger partial charge >= 0.3 is 0 Å². The largest absolute Gasteiger partial charge is 0.485 e. The molecule has 20 heavy (non-hydrogen) atoms. The Morgan fingerprint density at radius 1 is 1.15 bits per heavy atom. The average molecular weight is 308 g/mol. The first-order chi connectivity index (χ1) is 9.56. The van der Waals surface area contributed by atoms with E-state index >= 15 is 0 Å². The molecule has 104 valence electrons. The summed E-state index contributed by atoms with van der Waals surface area (Å²) in [5, 5.41) is 1.08. The molecule has 2 aromatic rings. The molecule has 3 rings (SSSR count). The van der Waals surface area contributed by atoms with Gasteiger partial charge in [0.1, 0.15) is 11.9 Å². The minimum Gasteiger partial charge on any atom is -0.485 e. The predicted octanol–water partition coefficient (Wildman–Crippen LogP) is 4.83. The fourth-order valence-electron chi connectivity index (χ4n) is 2.58. The first-order valence-corrected chi connectivity index (χ1v) is 7.28. The van der Waals surface area contributed by atoms with E-state index in [9.17, 15) is 0 Å². The van der Waals surface area contributed by atoms with Crippen molar-refractivity contribution in [2.45, 2.75) is 25.5 Å². The monoisotopic (exact) mass is 307 g/mol. The van der Waals surface area contributed by atoms with Gasteiger partial charge < -0.3 is 10.5 Å². The minimum atomic E-state index is -0.161. The van der Waals surface area contributed by atoms with Gasteiger partial charge in [-0.2, -0.15) is 0 Å². The summed E-state index contributed by atoms with van der Waals surface area (Å²) in [7, 11) is 0. The SMILES string of the molecule is Cc1ccc2c(c1)[C@@H](N)CC(c1cccc(Cl)c1Cl)O2. The molecule has 0 radical (unpaired) electrons. The number of nitrogens with two attached hydrogens (primary N) is 1. The van der Waals surface area contributed by atoms with E-state index in [1.54, 1.807) is 6.07 Å². The fourth-order valence-corrected chi connectivity index (χ4v) is 3.01.